The number of benzene rings is 4. The molecule has 0 saturated heterocycles. The lowest BCUT2D eigenvalue weighted by Crippen LogP contribution is -1.94. The zero-order valence-electron chi connectivity index (χ0n) is 17.6. The third-order valence-electron chi connectivity index (χ3n) is 5.80. The van der Waals surface area contributed by atoms with Gasteiger partial charge in [-0.3, -0.25) is 0 Å². The van der Waals surface area contributed by atoms with E-state index in [4.69, 9.17) is 14.4 Å². The standard InChI is InChI=1S/C29H20N2O/c1-19-30-26(22-13-11-21(12-14-22)20-7-3-2-4-8-20)18-27(31-19)23-15-16-29-25(17-23)24-9-5-6-10-28(24)32-29/h2-18H,1H3. The third kappa shape index (κ3) is 3.25. The first-order chi connectivity index (χ1) is 15.7. The van der Waals surface area contributed by atoms with Crippen molar-refractivity contribution in [2.45, 2.75) is 6.92 Å². The molecule has 32 heavy (non-hydrogen) atoms. The second kappa shape index (κ2) is 7.47. The predicted molar refractivity (Wildman–Crippen MR) is 130 cm³/mol. The van der Waals surface area contributed by atoms with Crippen molar-refractivity contribution in [3.05, 3.63) is 109 Å². The summed E-state index contributed by atoms with van der Waals surface area (Å²) in [4.78, 5) is 9.43. The maximum atomic E-state index is 5.97. The fourth-order valence-electron chi connectivity index (χ4n) is 4.21. The van der Waals surface area contributed by atoms with Gasteiger partial charge in [0.2, 0.25) is 0 Å². The quantitative estimate of drug-likeness (QED) is 0.299. The highest BCUT2D eigenvalue weighted by molar-refractivity contribution is 6.06. The number of hydrogen-bond acceptors (Lipinski definition) is 3. The van der Waals surface area contributed by atoms with Gasteiger partial charge in [0.15, 0.2) is 0 Å². The van der Waals surface area contributed by atoms with E-state index in [1.807, 2.05) is 37.3 Å². The molecular formula is C29H20N2O. The van der Waals surface area contributed by atoms with Crippen LogP contribution in [-0.2, 0) is 0 Å². The molecule has 152 valence electrons. The van der Waals surface area contributed by atoms with E-state index in [0.717, 1.165) is 50.3 Å². The highest BCUT2D eigenvalue weighted by Crippen LogP contribution is 2.33. The lowest BCUT2D eigenvalue weighted by Gasteiger charge is -2.08. The van der Waals surface area contributed by atoms with Gasteiger partial charge in [-0.05, 0) is 48.4 Å². The summed E-state index contributed by atoms with van der Waals surface area (Å²) in [6.07, 6.45) is 0. The van der Waals surface area contributed by atoms with Crippen LogP contribution in [0.25, 0.3) is 55.6 Å². The molecule has 0 N–H and O–H groups in total. The van der Waals surface area contributed by atoms with Gasteiger partial charge in [0.1, 0.15) is 17.0 Å². The lowest BCUT2D eigenvalue weighted by atomic mass is 10.0. The Bertz CT molecular complexity index is 1560. The topological polar surface area (TPSA) is 38.9 Å². The molecule has 0 saturated carbocycles. The minimum absolute atomic E-state index is 0.752. The van der Waals surface area contributed by atoms with Gasteiger partial charge in [-0.2, -0.15) is 0 Å². The Morgan fingerprint density at radius 1 is 0.500 bits per heavy atom. The maximum absolute atomic E-state index is 5.97. The summed E-state index contributed by atoms with van der Waals surface area (Å²) in [5.41, 5.74) is 8.14. The molecule has 6 rings (SSSR count). The zero-order chi connectivity index (χ0) is 21.5. The summed E-state index contributed by atoms with van der Waals surface area (Å²) < 4.78 is 5.97. The summed E-state index contributed by atoms with van der Waals surface area (Å²) in [5.74, 6) is 0.752. The lowest BCUT2D eigenvalue weighted by molar-refractivity contribution is 0.669. The second-order valence-corrected chi connectivity index (χ2v) is 7.94. The van der Waals surface area contributed by atoms with Crippen LogP contribution >= 0.6 is 0 Å². The Labute approximate surface area is 186 Å². The van der Waals surface area contributed by atoms with Crippen molar-refractivity contribution in [1.29, 1.82) is 0 Å². The molecule has 3 nitrogen and oxygen atoms in total. The summed E-state index contributed by atoms with van der Waals surface area (Å²) in [6.45, 7) is 1.94. The van der Waals surface area contributed by atoms with Crippen LogP contribution in [0.2, 0.25) is 0 Å². The summed E-state index contributed by atoms with van der Waals surface area (Å²) in [7, 11) is 0. The Kier molecular flexibility index (Phi) is 4.32. The van der Waals surface area contributed by atoms with Gasteiger partial charge >= 0.3 is 0 Å². The highest BCUT2D eigenvalue weighted by atomic mass is 16.3. The maximum Gasteiger partial charge on any atom is 0.135 e. The number of rotatable bonds is 3. The molecule has 0 fully saturated rings. The largest absolute Gasteiger partial charge is 0.456 e. The molecule has 0 aliphatic rings. The SMILES string of the molecule is Cc1nc(-c2ccc(-c3ccccc3)cc2)cc(-c2ccc3oc4ccccc4c3c2)n1. The highest BCUT2D eigenvalue weighted by Gasteiger charge is 2.11. The van der Waals surface area contributed by atoms with Crippen LogP contribution in [0.5, 0.6) is 0 Å². The van der Waals surface area contributed by atoms with Crippen LogP contribution in [0, 0.1) is 6.92 Å². The number of nitrogens with zero attached hydrogens (tertiary/aromatic N) is 2. The van der Waals surface area contributed by atoms with Crippen LogP contribution in [0.1, 0.15) is 5.82 Å². The fraction of sp³-hybridized carbons (Fsp3) is 0.0345. The summed E-state index contributed by atoms with van der Waals surface area (Å²) in [6, 6.07) is 35.4. The van der Waals surface area contributed by atoms with Gasteiger partial charge in [0, 0.05) is 21.9 Å². The third-order valence-corrected chi connectivity index (χ3v) is 5.80. The van der Waals surface area contributed by atoms with E-state index in [-0.39, 0.29) is 0 Å². The van der Waals surface area contributed by atoms with Crippen LogP contribution in [0.4, 0.5) is 0 Å². The molecule has 4 aromatic carbocycles. The second-order valence-electron chi connectivity index (χ2n) is 7.94. The van der Waals surface area contributed by atoms with Crippen molar-refractivity contribution in [3.63, 3.8) is 0 Å². The number of aromatic nitrogens is 2. The van der Waals surface area contributed by atoms with E-state index in [1.165, 1.54) is 11.1 Å². The molecule has 0 aliphatic heterocycles. The monoisotopic (exact) mass is 412 g/mol. The number of aryl methyl sites for hydroxylation is 1. The van der Waals surface area contributed by atoms with Crippen molar-refractivity contribution >= 4 is 21.9 Å². The van der Waals surface area contributed by atoms with Crippen LogP contribution in [0.15, 0.2) is 108 Å². The van der Waals surface area contributed by atoms with Crippen molar-refractivity contribution in [2.75, 3.05) is 0 Å². The fourth-order valence-corrected chi connectivity index (χ4v) is 4.21. The van der Waals surface area contributed by atoms with Crippen molar-refractivity contribution in [2.24, 2.45) is 0 Å². The van der Waals surface area contributed by atoms with Gasteiger partial charge in [0.25, 0.3) is 0 Å². The van der Waals surface area contributed by atoms with E-state index in [9.17, 15) is 0 Å². The van der Waals surface area contributed by atoms with E-state index < -0.39 is 0 Å². The van der Waals surface area contributed by atoms with Crippen molar-refractivity contribution < 1.29 is 4.42 Å². The normalized spacial score (nSPS) is 11.3. The Morgan fingerprint density at radius 2 is 1.09 bits per heavy atom. The average molecular weight is 412 g/mol. The predicted octanol–water partition coefficient (Wildman–Crippen LogP) is 7.69. The van der Waals surface area contributed by atoms with Crippen molar-refractivity contribution in [1.82, 2.24) is 9.97 Å². The molecule has 2 aromatic heterocycles. The minimum atomic E-state index is 0.752. The average Bonchev–Trinajstić information content (AvgIpc) is 3.22. The minimum Gasteiger partial charge on any atom is -0.456 e. The summed E-state index contributed by atoms with van der Waals surface area (Å²) in [5, 5.41) is 2.22. The molecule has 0 unspecified atom stereocenters. The molecule has 0 aliphatic carbocycles. The molecule has 0 bridgehead atoms. The van der Waals surface area contributed by atoms with E-state index in [2.05, 4.69) is 72.8 Å². The summed E-state index contributed by atoms with van der Waals surface area (Å²) >= 11 is 0. The molecule has 6 aromatic rings. The number of para-hydroxylation sites is 1. The molecule has 0 radical (unpaired) electrons. The Morgan fingerprint density at radius 3 is 1.91 bits per heavy atom. The number of hydrogen-bond donors (Lipinski definition) is 0. The van der Waals surface area contributed by atoms with Gasteiger partial charge < -0.3 is 4.42 Å². The van der Waals surface area contributed by atoms with Gasteiger partial charge in [-0.15, -0.1) is 0 Å². The van der Waals surface area contributed by atoms with Gasteiger partial charge in [-0.25, -0.2) is 9.97 Å². The van der Waals surface area contributed by atoms with Gasteiger partial charge in [0.05, 0.1) is 11.4 Å². The van der Waals surface area contributed by atoms with E-state index >= 15 is 0 Å². The molecule has 3 heteroatoms. The number of furan rings is 1. The number of fused-ring (bicyclic) bond motifs is 3. The van der Waals surface area contributed by atoms with Crippen molar-refractivity contribution in [3.8, 4) is 33.6 Å². The van der Waals surface area contributed by atoms with Crippen LogP contribution in [-0.4, -0.2) is 9.97 Å². The van der Waals surface area contributed by atoms with E-state index in [0.29, 0.717) is 0 Å². The van der Waals surface area contributed by atoms with Crippen LogP contribution < -0.4 is 0 Å². The molecule has 2 heterocycles. The van der Waals surface area contributed by atoms with E-state index in [1.54, 1.807) is 0 Å². The Balaban J connectivity index is 1.42. The first kappa shape index (κ1) is 18.5. The molecule has 0 amide bonds. The molecule has 0 atom stereocenters. The first-order valence-electron chi connectivity index (χ1n) is 10.7. The smallest absolute Gasteiger partial charge is 0.135 e. The zero-order valence-corrected chi connectivity index (χ0v) is 17.6. The van der Waals surface area contributed by atoms with Gasteiger partial charge in [-0.1, -0.05) is 72.8 Å². The first-order valence-corrected chi connectivity index (χ1v) is 10.7. The Hall–Kier alpha value is -4.24. The molecule has 0 spiro atoms. The van der Waals surface area contributed by atoms with Crippen LogP contribution in [0.3, 0.4) is 0 Å². The molecular weight excluding hydrogens is 392 g/mol.